The third-order valence-electron chi connectivity index (χ3n) is 1.75. The molecule has 0 bridgehead atoms. The molecular formula is C10H9N3OS. The Balaban J connectivity index is 2.24. The van der Waals surface area contributed by atoms with Gasteiger partial charge in [0.15, 0.2) is 5.16 Å². The van der Waals surface area contributed by atoms with Crippen LogP contribution in [0, 0.1) is 0 Å². The van der Waals surface area contributed by atoms with Gasteiger partial charge in [-0.25, -0.2) is 15.0 Å². The molecular weight excluding hydrogens is 210 g/mol. The molecule has 76 valence electrons. The number of rotatable bonds is 3. The zero-order valence-corrected chi connectivity index (χ0v) is 8.68. The Bertz CT molecular complexity index is 436. The Hall–Kier alpha value is -1.46. The molecule has 0 atom stereocenters. The van der Waals surface area contributed by atoms with Crippen LogP contribution >= 0.6 is 11.8 Å². The van der Waals surface area contributed by atoms with Gasteiger partial charge in [0, 0.05) is 24.2 Å². The maximum atomic E-state index is 9.10. The Morgan fingerprint density at radius 3 is 2.53 bits per heavy atom. The molecule has 0 aliphatic rings. The molecule has 0 unspecified atom stereocenters. The van der Waals surface area contributed by atoms with Crippen LogP contribution in [0.5, 0.6) is 0 Å². The molecule has 0 saturated carbocycles. The van der Waals surface area contributed by atoms with Crippen LogP contribution in [-0.4, -0.2) is 20.1 Å². The van der Waals surface area contributed by atoms with Crippen molar-refractivity contribution in [3.05, 3.63) is 42.4 Å². The largest absolute Gasteiger partial charge is 0.392 e. The van der Waals surface area contributed by atoms with Gasteiger partial charge in [0.25, 0.3) is 0 Å². The molecule has 0 saturated heterocycles. The van der Waals surface area contributed by atoms with Gasteiger partial charge in [-0.2, -0.15) is 0 Å². The second-order valence-corrected chi connectivity index (χ2v) is 3.72. The number of aromatic nitrogens is 3. The van der Waals surface area contributed by atoms with E-state index in [1.54, 1.807) is 30.7 Å². The fraction of sp³-hybridized carbons (Fsp3) is 0.100. The summed E-state index contributed by atoms with van der Waals surface area (Å²) in [5.74, 6) is 0. The van der Waals surface area contributed by atoms with Crippen molar-refractivity contribution in [1.29, 1.82) is 0 Å². The molecule has 1 N–H and O–H groups in total. The lowest BCUT2D eigenvalue weighted by atomic mass is 10.3. The first-order chi connectivity index (χ1) is 7.40. The first-order valence-electron chi connectivity index (χ1n) is 4.40. The first kappa shape index (κ1) is 10.1. The van der Waals surface area contributed by atoms with Gasteiger partial charge >= 0.3 is 0 Å². The Morgan fingerprint density at radius 2 is 1.80 bits per heavy atom. The zero-order chi connectivity index (χ0) is 10.5. The Labute approximate surface area is 91.4 Å². The molecule has 2 heterocycles. The van der Waals surface area contributed by atoms with Gasteiger partial charge in [0.1, 0.15) is 5.03 Å². The van der Waals surface area contributed by atoms with E-state index in [4.69, 9.17) is 5.11 Å². The summed E-state index contributed by atoms with van der Waals surface area (Å²) < 4.78 is 0. The van der Waals surface area contributed by atoms with Crippen LogP contribution in [-0.2, 0) is 6.61 Å². The van der Waals surface area contributed by atoms with Crippen molar-refractivity contribution in [2.75, 3.05) is 0 Å². The molecule has 0 aliphatic heterocycles. The van der Waals surface area contributed by atoms with Gasteiger partial charge in [-0.15, -0.1) is 0 Å². The highest BCUT2D eigenvalue weighted by atomic mass is 32.2. The molecule has 4 nitrogen and oxygen atoms in total. The van der Waals surface area contributed by atoms with E-state index in [-0.39, 0.29) is 6.61 Å². The molecule has 2 aromatic heterocycles. The second kappa shape index (κ2) is 4.86. The lowest BCUT2D eigenvalue weighted by Gasteiger charge is -2.03. The van der Waals surface area contributed by atoms with Crippen molar-refractivity contribution < 1.29 is 5.11 Å². The summed E-state index contributed by atoms with van der Waals surface area (Å²) in [6, 6.07) is 5.38. The number of pyridine rings is 1. The molecule has 2 rings (SSSR count). The predicted octanol–water partition coefficient (Wildman–Crippen LogP) is 1.52. The number of nitrogens with zero attached hydrogens (tertiary/aromatic N) is 3. The van der Waals surface area contributed by atoms with Crippen molar-refractivity contribution in [2.24, 2.45) is 0 Å². The van der Waals surface area contributed by atoms with Gasteiger partial charge in [0.2, 0.25) is 0 Å². The van der Waals surface area contributed by atoms with Crippen LogP contribution in [0.25, 0.3) is 0 Å². The third-order valence-corrected chi connectivity index (χ3v) is 2.70. The number of hydrogen-bond donors (Lipinski definition) is 1. The van der Waals surface area contributed by atoms with E-state index in [2.05, 4.69) is 15.0 Å². The molecule has 0 aromatic carbocycles. The SMILES string of the molecule is OCc1cccnc1Sc1ncccn1. The molecule has 0 fully saturated rings. The summed E-state index contributed by atoms with van der Waals surface area (Å²) in [6.45, 7) is -0.0248. The number of aliphatic hydroxyl groups excluding tert-OH is 1. The van der Waals surface area contributed by atoms with Crippen molar-refractivity contribution in [2.45, 2.75) is 16.8 Å². The summed E-state index contributed by atoms with van der Waals surface area (Å²) in [4.78, 5) is 12.3. The number of hydrogen-bond acceptors (Lipinski definition) is 5. The number of aliphatic hydroxyl groups is 1. The van der Waals surface area contributed by atoms with E-state index in [1.165, 1.54) is 11.8 Å². The van der Waals surface area contributed by atoms with Crippen LogP contribution in [0.15, 0.2) is 47.0 Å². The molecule has 15 heavy (non-hydrogen) atoms. The summed E-state index contributed by atoms with van der Waals surface area (Å²) in [5.41, 5.74) is 0.787. The van der Waals surface area contributed by atoms with Gasteiger partial charge in [0.05, 0.1) is 6.61 Å². The van der Waals surface area contributed by atoms with Crippen LogP contribution < -0.4 is 0 Å². The highest BCUT2D eigenvalue weighted by Crippen LogP contribution is 2.24. The Morgan fingerprint density at radius 1 is 1.07 bits per heavy atom. The van der Waals surface area contributed by atoms with Crippen molar-refractivity contribution >= 4 is 11.8 Å². The van der Waals surface area contributed by atoms with E-state index in [0.29, 0.717) is 5.16 Å². The Kier molecular flexibility index (Phi) is 3.26. The van der Waals surface area contributed by atoms with Crippen LogP contribution in [0.2, 0.25) is 0 Å². The van der Waals surface area contributed by atoms with Crippen LogP contribution in [0.4, 0.5) is 0 Å². The smallest absolute Gasteiger partial charge is 0.193 e. The van der Waals surface area contributed by atoms with E-state index in [9.17, 15) is 0 Å². The average Bonchev–Trinajstić information content (AvgIpc) is 2.31. The van der Waals surface area contributed by atoms with Gasteiger partial charge < -0.3 is 5.11 Å². The summed E-state index contributed by atoms with van der Waals surface area (Å²) in [7, 11) is 0. The molecule has 0 amide bonds. The quantitative estimate of drug-likeness (QED) is 0.793. The van der Waals surface area contributed by atoms with E-state index in [1.807, 2.05) is 6.07 Å². The molecule has 0 aliphatic carbocycles. The minimum absolute atomic E-state index is 0.0248. The standard InChI is InChI=1S/C10H9N3OS/c14-7-8-3-1-4-11-9(8)15-10-12-5-2-6-13-10/h1-6,14H,7H2. The highest BCUT2D eigenvalue weighted by Gasteiger charge is 2.05. The molecule has 0 spiro atoms. The molecule has 0 radical (unpaired) electrons. The average molecular weight is 219 g/mol. The van der Waals surface area contributed by atoms with E-state index >= 15 is 0 Å². The van der Waals surface area contributed by atoms with E-state index < -0.39 is 0 Å². The summed E-state index contributed by atoms with van der Waals surface area (Å²) in [5, 5.41) is 10.5. The van der Waals surface area contributed by atoms with Crippen molar-refractivity contribution in [1.82, 2.24) is 15.0 Å². The minimum Gasteiger partial charge on any atom is -0.392 e. The first-order valence-corrected chi connectivity index (χ1v) is 5.21. The highest BCUT2D eigenvalue weighted by molar-refractivity contribution is 7.99. The van der Waals surface area contributed by atoms with Gasteiger partial charge in [-0.05, 0) is 23.9 Å². The van der Waals surface area contributed by atoms with Gasteiger partial charge in [-0.1, -0.05) is 6.07 Å². The topological polar surface area (TPSA) is 58.9 Å². The van der Waals surface area contributed by atoms with Crippen LogP contribution in [0.3, 0.4) is 0 Å². The maximum absolute atomic E-state index is 9.10. The normalized spacial score (nSPS) is 10.2. The zero-order valence-electron chi connectivity index (χ0n) is 7.87. The summed E-state index contributed by atoms with van der Waals surface area (Å²) in [6.07, 6.45) is 5.04. The molecule has 5 heteroatoms. The second-order valence-electron chi connectivity index (χ2n) is 2.76. The van der Waals surface area contributed by atoms with Crippen molar-refractivity contribution in [3.8, 4) is 0 Å². The fourth-order valence-electron chi connectivity index (χ4n) is 1.06. The van der Waals surface area contributed by atoms with Gasteiger partial charge in [-0.3, -0.25) is 0 Å². The van der Waals surface area contributed by atoms with Crippen LogP contribution in [0.1, 0.15) is 5.56 Å². The fourth-order valence-corrected chi connectivity index (χ4v) is 1.84. The molecule has 2 aromatic rings. The maximum Gasteiger partial charge on any atom is 0.193 e. The minimum atomic E-state index is -0.0248. The lowest BCUT2D eigenvalue weighted by molar-refractivity contribution is 0.278. The monoisotopic (exact) mass is 219 g/mol. The third kappa shape index (κ3) is 2.51. The van der Waals surface area contributed by atoms with E-state index in [0.717, 1.165) is 10.6 Å². The summed E-state index contributed by atoms with van der Waals surface area (Å²) >= 11 is 1.35. The lowest BCUT2D eigenvalue weighted by Crippen LogP contribution is -1.92. The van der Waals surface area contributed by atoms with Crippen molar-refractivity contribution in [3.63, 3.8) is 0 Å². The predicted molar refractivity (Wildman–Crippen MR) is 56.3 cm³/mol.